The molecule has 1 rings (SSSR count). The molecule has 1 aromatic rings. The molecule has 0 heterocycles. The number of carbonyl (C=O) groups excluding carboxylic acids is 1. The maximum absolute atomic E-state index is 13.6. The number of hydrogen-bond donors (Lipinski definition) is 0. The van der Waals surface area contributed by atoms with E-state index in [0.29, 0.717) is 6.54 Å². The van der Waals surface area contributed by atoms with Crippen molar-refractivity contribution in [1.82, 2.24) is 4.90 Å². The summed E-state index contributed by atoms with van der Waals surface area (Å²) in [6.45, 7) is 2.42. The lowest BCUT2D eigenvalue weighted by Gasteiger charge is -2.20. The number of hydrogen-bond acceptors (Lipinski definition) is 2. The minimum Gasteiger partial charge on any atom is -0.496 e. The number of benzene rings is 1. The van der Waals surface area contributed by atoms with Crippen LogP contribution in [0.4, 0.5) is 4.39 Å². The predicted molar refractivity (Wildman–Crippen MR) is 68.3 cm³/mol. The van der Waals surface area contributed by atoms with Crippen LogP contribution in [0.1, 0.15) is 17.3 Å². The van der Waals surface area contributed by atoms with Gasteiger partial charge in [0.1, 0.15) is 17.1 Å². The zero-order chi connectivity index (χ0) is 13.0. The van der Waals surface area contributed by atoms with Crippen LogP contribution in [0.25, 0.3) is 0 Å². The van der Waals surface area contributed by atoms with Crippen LogP contribution in [0, 0.1) is 5.82 Å². The lowest BCUT2D eigenvalue weighted by atomic mass is 10.1. The van der Waals surface area contributed by atoms with Crippen LogP contribution >= 0.6 is 15.9 Å². The van der Waals surface area contributed by atoms with E-state index in [1.54, 1.807) is 13.1 Å². The molecule has 5 heteroatoms. The third-order valence-corrected chi connectivity index (χ3v) is 2.57. The van der Waals surface area contributed by atoms with Crippen LogP contribution in [0.2, 0.25) is 0 Å². The smallest absolute Gasteiger partial charge is 0.260 e. The van der Waals surface area contributed by atoms with Crippen molar-refractivity contribution < 1.29 is 13.9 Å². The molecule has 0 fully saturated rings. The van der Waals surface area contributed by atoms with E-state index in [1.807, 2.05) is 6.92 Å². The number of carbonyl (C=O) groups is 1. The van der Waals surface area contributed by atoms with Gasteiger partial charge in [0.2, 0.25) is 0 Å². The first-order chi connectivity index (χ1) is 7.97. The Morgan fingerprint density at radius 3 is 2.76 bits per heavy atom. The average Bonchev–Trinajstić information content (AvgIpc) is 2.26. The van der Waals surface area contributed by atoms with Crippen molar-refractivity contribution in [2.45, 2.75) is 11.8 Å². The summed E-state index contributed by atoms with van der Waals surface area (Å²) in [5.41, 5.74) is -0.0225. The van der Waals surface area contributed by atoms with E-state index in [2.05, 4.69) is 15.9 Å². The Morgan fingerprint density at radius 1 is 1.59 bits per heavy atom. The van der Waals surface area contributed by atoms with Crippen LogP contribution in [-0.4, -0.2) is 36.3 Å². The Labute approximate surface area is 109 Å². The maximum Gasteiger partial charge on any atom is 0.260 e. The predicted octanol–water partition coefficient (Wildman–Crippen LogP) is 2.69. The third-order valence-electron chi connectivity index (χ3n) is 2.28. The van der Waals surface area contributed by atoms with Gasteiger partial charge in [0.15, 0.2) is 0 Å². The Balaban J connectivity index is 3.03. The molecule has 0 spiro atoms. The second-order valence-electron chi connectivity index (χ2n) is 3.78. The van der Waals surface area contributed by atoms with Gasteiger partial charge >= 0.3 is 0 Å². The van der Waals surface area contributed by atoms with Crippen molar-refractivity contribution >= 4 is 21.8 Å². The molecule has 0 saturated heterocycles. The topological polar surface area (TPSA) is 29.5 Å². The van der Waals surface area contributed by atoms with Crippen molar-refractivity contribution in [2.75, 3.05) is 20.7 Å². The summed E-state index contributed by atoms with van der Waals surface area (Å²) in [4.78, 5) is 13.7. The molecule has 0 aliphatic carbocycles. The first-order valence-electron chi connectivity index (χ1n) is 5.19. The standard InChI is InChI=1S/C12H15BrFNO2/c1-8(13)7-15(2)12(16)11-9(14)5-4-6-10(11)17-3/h4-6,8H,7H2,1-3H3. The van der Waals surface area contributed by atoms with Crippen LogP contribution in [0.5, 0.6) is 5.75 Å². The molecule has 0 aliphatic heterocycles. The molecular weight excluding hydrogens is 289 g/mol. The quantitative estimate of drug-likeness (QED) is 0.801. The number of amides is 1. The van der Waals surface area contributed by atoms with Gasteiger partial charge in [-0.25, -0.2) is 4.39 Å². The molecule has 1 amide bonds. The van der Waals surface area contributed by atoms with Gasteiger partial charge in [-0.05, 0) is 12.1 Å². The summed E-state index contributed by atoms with van der Waals surface area (Å²) in [6.07, 6.45) is 0. The van der Waals surface area contributed by atoms with Crippen molar-refractivity contribution in [3.8, 4) is 5.75 Å². The Kier molecular flexibility index (Phi) is 4.93. The molecule has 3 nitrogen and oxygen atoms in total. The van der Waals surface area contributed by atoms with Crippen LogP contribution in [-0.2, 0) is 0 Å². The van der Waals surface area contributed by atoms with Crippen molar-refractivity contribution in [3.05, 3.63) is 29.6 Å². The Morgan fingerprint density at radius 2 is 2.24 bits per heavy atom. The molecule has 1 unspecified atom stereocenters. The molecule has 94 valence electrons. The van der Waals surface area contributed by atoms with E-state index in [9.17, 15) is 9.18 Å². The molecule has 17 heavy (non-hydrogen) atoms. The van der Waals surface area contributed by atoms with Crippen molar-refractivity contribution in [1.29, 1.82) is 0 Å². The molecule has 0 saturated carbocycles. The van der Waals surface area contributed by atoms with Crippen LogP contribution in [0.15, 0.2) is 18.2 Å². The van der Waals surface area contributed by atoms with E-state index >= 15 is 0 Å². The molecule has 0 aromatic heterocycles. The lowest BCUT2D eigenvalue weighted by molar-refractivity contribution is 0.0789. The largest absolute Gasteiger partial charge is 0.496 e. The highest BCUT2D eigenvalue weighted by Crippen LogP contribution is 2.22. The monoisotopic (exact) mass is 303 g/mol. The molecular formula is C12H15BrFNO2. The highest BCUT2D eigenvalue weighted by Gasteiger charge is 2.21. The van der Waals surface area contributed by atoms with Gasteiger partial charge in [-0.1, -0.05) is 28.9 Å². The number of alkyl halides is 1. The Hall–Kier alpha value is -1.10. The number of ether oxygens (including phenoxy) is 1. The van der Waals surface area contributed by atoms with Crippen molar-refractivity contribution in [3.63, 3.8) is 0 Å². The lowest BCUT2D eigenvalue weighted by Crippen LogP contribution is -2.32. The fourth-order valence-corrected chi connectivity index (χ4v) is 1.97. The summed E-state index contributed by atoms with van der Waals surface area (Å²) >= 11 is 3.35. The molecule has 0 radical (unpaired) electrons. The van der Waals surface area contributed by atoms with Gasteiger partial charge in [0.05, 0.1) is 7.11 Å². The maximum atomic E-state index is 13.6. The minimum atomic E-state index is -0.566. The highest BCUT2D eigenvalue weighted by molar-refractivity contribution is 9.09. The fraction of sp³-hybridized carbons (Fsp3) is 0.417. The molecule has 0 N–H and O–H groups in total. The summed E-state index contributed by atoms with van der Waals surface area (Å²) in [5.74, 6) is -0.696. The number of nitrogens with zero attached hydrogens (tertiary/aromatic N) is 1. The molecule has 0 aliphatic rings. The van der Waals surface area contributed by atoms with Gasteiger partial charge in [-0.2, -0.15) is 0 Å². The van der Waals surface area contributed by atoms with E-state index in [0.717, 1.165) is 0 Å². The minimum absolute atomic E-state index is 0.0225. The van der Waals surface area contributed by atoms with Gasteiger partial charge in [-0.3, -0.25) is 4.79 Å². The first-order valence-corrected chi connectivity index (χ1v) is 6.11. The number of rotatable bonds is 4. The van der Waals surface area contributed by atoms with Crippen LogP contribution in [0.3, 0.4) is 0 Å². The van der Waals surface area contributed by atoms with Gasteiger partial charge in [0.25, 0.3) is 5.91 Å². The van der Waals surface area contributed by atoms with E-state index < -0.39 is 5.82 Å². The van der Waals surface area contributed by atoms with Gasteiger partial charge in [-0.15, -0.1) is 0 Å². The zero-order valence-electron chi connectivity index (χ0n) is 10.0. The van der Waals surface area contributed by atoms with Gasteiger partial charge < -0.3 is 9.64 Å². The average molecular weight is 304 g/mol. The fourth-order valence-electron chi connectivity index (χ4n) is 1.53. The normalized spacial score (nSPS) is 12.1. The van der Waals surface area contributed by atoms with Crippen molar-refractivity contribution in [2.24, 2.45) is 0 Å². The zero-order valence-corrected chi connectivity index (χ0v) is 11.6. The van der Waals surface area contributed by atoms with Crippen LogP contribution < -0.4 is 4.74 Å². The SMILES string of the molecule is COc1cccc(F)c1C(=O)N(C)CC(C)Br. The second-order valence-corrected chi connectivity index (χ2v) is 5.35. The molecule has 1 aromatic carbocycles. The third kappa shape index (κ3) is 3.43. The number of halogens is 2. The Bertz CT molecular complexity index is 409. The summed E-state index contributed by atoms with van der Waals surface area (Å²) < 4.78 is 18.6. The van der Waals surface area contributed by atoms with E-state index in [1.165, 1.54) is 24.1 Å². The second kappa shape index (κ2) is 6.00. The summed E-state index contributed by atoms with van der Waals surface area (Å²) in [6, 6.07) is 4.33. The van der Waals surface area contributed by atoms with E-state index in [-0.39, 0.29) is 22.0 Å². The molecule has 1 atom stereocenters. The summed E-state index contributed by atoms with van der Waals surface area (Å²) in [7, 11) is 3.05. The first kappa shape index (κ1) is 14.0. The summed E-state index contributed by atoms with van der Waals surface area (Å²) in [5, 5.41) is 0. The van der Waals surface area contributed by atoms with Gasteiger partial charge in [0, 0.05) is 18.4 Å². The van der Waals surface area contributed by atoms with E-state index in [4.69, 9.17) is 4.74 Å². The number of methoxy groups -OCH3 is 1. The molecule has 0 bridgehead atoms. The highest BCUT2D eigenvalue weighted by atomic mass is 79.9.